The average Bonchev–Trinajstić information content (AvgIpc) is 2.35. The molecule has 0 aromatic heterocycles. The molecular formula is C14H19F3N2O2. The maximum Gasteiger partial charge on any atom is 0.419 e. The second-order valence-electron chi connectivity index (χ2n) is 4.88. The molecule has 0 aliphatic carbocycles. The number of carbonyl (C=O) groups is 1. The summed E-state index contributed by atoms with van der Waals surface area (Å²) < 4.78 is 44.0. The number of amides is 1. The topological polar surface area (TPSA) is 64.3 Å². The molecule has 21 heavy (non-hydrogen) atoms. The van der Waals surface area contributed by atoms with E-state index in [1.165, 1.54) is 12.1 Å². The zero-order valence-electron chi connectivity index (χ0n) is 12.0. The number of hydrogen-bond donors (Lipinski definition) is 2. The molecule has 0 unspecified atom stereocenters. The van der Waals surface area contributed by atoms with Crippen LogP contribution in [0.1, 0.15) is 25.0 Å². The maximum atomic E-state index is 13.0. The highest BCUT2D eigenvalue weighted by Crippen LogP contribution is 2.36. The van der Waals surface area contributed by atoms with E-state index in [0.717, 1.165) is 6.07 Å². The second-order valence-corrected chi connectivity index (χ2v) is 4.88. The summed E-state index contributed by atoms with van der Waals surface area (Å²) in [6.07, 6.45) is -4.20. The van der Waals surface area contributed by atoms with E-state index >= 15 is 0 Å². The van der Waals surface area contributed by atoms with Gasteiger partial charge in [0, 0.05) is 6.04 Å². The van der Waals surface area contributed by atoms with Gasteiger partial charge in [0.25, 0.3) is 5.91 Å². The molecule has 0 aliphatic heterocycles. The van der Waals surface area contributed by atoms with Crippen LogP contribution in [-0.4, -0.2) is 25.1 Å². The molecule has 0 aliphatic rings. The van der Waals surface area contributed by atoms with Crippen LogP contribution in [0.25, 0.3) is 0 Å². The average molecular weight is 304 g/mol. The molecule has 0 saturated carbocycles. The number of halogens is 3. The Balaban J connectivity index is 2.88. The van der Waals surface area contributed by atoms with Crippen LogP contribution in [0.4, 0.5) is 13.2 Å². The van der Waals surface area contributed by atoms with E-state index in [-0.39, 0.29) is 18.3 Å². The van der Waals surface area contributed by atoms with Gasteiger partial charge in [-0.05, 0) is 44.5 Å². The van der Waals surface area contributed by atoms with Gasteiger partial charge in [0.1, 0.15) is 5.75 Å². The Bertz CT molecular complexity index is 488. The van der Waals surface area contributed by atoms with Gasteiger partial charge in [-0.2, -0.15) is 13.2 Å². The molecule has 1 amide bonds. The van der Waals surface area contributed by atoms with Gasteiger partial charge in [0.15, 0.2) is 6.61 Å². The zero-order valence-corrected chi connectivity index (χ0v) is 12.0. The minimum absolute atomic E-state index is 0.102. The van der Waals surface area contributed by atoms with Gasteiger partial charge >= 0.3 is 6.18 Å². The van der Waals surface area contributed by atoms with Gasteiger partial charge in [-0.1, -0.05) is 6.07 Å². The van der Waals surface area contributed by atoms with Gasteiger partial charge < -0.3 is 15.8 Å². The predicted molar refractivity (Wildman–Crippen MR) is 73.0 cm³/mol. The summed E-state index contributed by atoms with van der Waals surface area (Å²) in [6.45, 7) is 3.30. The summed E-state index contributed by atoms with van der Waals surface area (Å²) >= 11 is 0. The lowest BCUT2D eigenvalue weighted by Crippen LogP contribution is -2.34. The van der Waals surface area contributed by atoms with E-state index in [4.69, 9.17) is 10.5 Å². The lowest BCUT2D eigenvalue weighted by molar-refractivity contribution is -0.139. The molecule has 1 aromatic rings. The van der Waals surface area contributed by atoms with Crippen LogP contribution >= 0.6 is 0 Å². The highest BCUT2D eigenvalue weighted by molar-refractivity contribution is 5.77. The Morgan fingerprint density at radius 3 is 2.57 bits per heavy atom. The van der Waals surface area contributed by atoms with E-state index in [0.29, 0.717) is 12.0 Å². The number of alkyl halides is 3. The highest BCUT2D eigenvalue weighted by atomic mass is 19.4. The van der Waals surface area contributed by atoms with Gasteiger partial charge in [0.05, 0.1) is 5.56 Å². The van der Waals surface area contributed by atoms with Crippen molar-refractivity contribution >= 4 is 5.91 Å². The number of hydrogen-bond acceptors (Lipinski definition) is 3. The summed E-state index contributed by atoms with van der Waals surface area (Å²) in [5.74, 6) is -0.827. The molecular weight excluding hydrogens is 285 g/mol. The Morgan fingerprint density at radius 1 is 1.38 bits per heavy atom. The SMILES string of the molecule is CC(C)NC(=O)COc1ccc(CCN)cc1C(F)(F)F. The van der Waals surface area contributed by atoms with Crippen molar-refractivity contribution in [3.8, 4) is 5.75 Å². The van der Waals surface area contributed by atoms with E-state index in [9.17, 15) is 18.0 Å². The first-order valence-corrected chi connectivity index (χ1v) is 6.56. The summed E-state index contributed by atoms with van der Waals surface area (Å²) in [5, 5.41) is 2.54. The van der Waals surface area contributed by atoms with Gasteiger partial charge in [-0.3, -0.25) is 4.79 Å². The molecule has 0 heterocycles. The third-order valence-electron chi connectivity index (χ3n) is 2.59. The molecule has 1 rings (SSSR count). The van der Waals surface area contributed by atoms with Crippen molar-refractivity contribution in [2.45, 2.75) is 32.5 Å². The Labute approximate surface area is 121 Å². The van der Waals surface area contributed by atoms with Crippen molar-refractivity contribution in [2.24, 2.45) is 5.73 Å². The molecule has 0 saturated heterocycles. The summed E-state index contributed by atoms with van der Waals surface area (Å²) in [4.78, 5) is 11.4. The van der Waals surface area contributed by atoms with Gasteiger partial charge in [-0.25, -0.2) is 0 Å². The fraction of sp³-hybridized carbons (Fsp3) is 0.500. The van der Waals surface area contributed by atoms with Crippen LogP contribution in [0.2, 0.25) is 0 Å². The van der Waals surface area contributed by atoms with Crippen molar-refractivity contribution in [1.82, 2.24) is 5.32 Å². The van der Waals surface area contributed by atoms with Crippen molar-refractivity contribution in [3.63, 3.8) is 0 Å². The third-order valence-corrected chi connectivity index (χ3v) is 2.59. The number of carbonyl (C=O) groups excluding carboxylic acids is 1. The molecule has 0 fully saturated rings. The van der Waals surface area contributed by atoms with Crippen LogP contribution in [0.5, 0.6) is 5.75 Å². The van der Waals surface area contributed by atoms with Crippen LogP contribution in [0.3, 0.4) is 0 Å². The van der Waals surface area contributed by atoms with Crippen LogP contribution in [-0.2, 0) is 17.4 Å². The summed E-state index contributed by atoms with van der Waals surface area (Å²) in [7, 11) is 0. The Hall–Kier alpha value is -1.76. The van der Waals surface area contributed by atoms with Crippen molar-refractivity contribution in [2.75, 3.05) is 13.2 Å². The third kappa shape index (κ3) is 5.63. The minimum Gasteiger partial charge on any atom is -0.483 e. The highest BCUT2D eigenvalue weighted by Gasteiger charge is 2.34. The fourth-order valence-corrected chi connectivity index (χ4v) is 1.75. The summed E-state index contributed by atoms with van der Waals surface area (Å²) in [6, 6.07) is 3.63. The van der Waals surface area contributed by atoms with Crippen LogP contribution in [0.15, 0.2) is 18.2 Å². The molecule has 0 atom stereocenters. The number of nitrogens with one attached hydrogen (secondary N) is 1. The van der Waals surface area contributed by atoms with Crippen LogP contribution < -0.4 is 15.8 Å². The first kappa shape index (κ1) is 17.3. The van der Waals surface area contributed by atoms with E-state index in [2.05, 4.69) is 5.32 Å². The van der Waals surface area contributed by atoms with Gasteiger partial charge in [0.2, 0.25) is 0 Å². The minimum atomic E-state index is -4.55. The molecule has 1 aromatic carbocycles. The molecule has 0 bridgehead atoms. The quantitative estimate of drug-likeness (QED) is 0.846. The van der Waals surface area contributed by atoms with E-state index in [1.54, 1.807) is 13.8 Å². The van der Waals surface area contributed by atoms with Gasteiger partial charge in [-0.15, -0.1) is 0 Å². The smallest absolute Gasteiger partial charge is 0.419 e. The normalized spacial score (nSPS) is 11.6. The molecule has 0 spiro atoms. The number of benzene rings is 1. The molecule has 7 heteroatoms. The molecule has 4 nitrogen and oxygen atoms in total. The maximum absolute atomic E-state index is 13.0. The molecule has 3 N–H and O–H groups in total. The number of rotatable bonds is 6. The Morgan fingerprint density at radius 2 is 2.05 bits per heavy atom. The lowest BCUT2D eigenvalue weighted by atomic mass is 10.1. The van der Waals surface area contributed by atoms with E-state index in [1.807, 2.05) is 0 Å². The standard InChI is InChI=1S/C14H19F3N2O2/c1-9(2)19-13(20)8-21-12-4-3-10(5-6-18)7-11(12)14(15,16)17/h3-4,7,9H,5-6,8,18H2,1-2H3,(H,19,20). The van der Waals surface area contributed by atoms with E-state index < -0.39 is 24.3 Å². The largest absolute Gasteiger partial charge is 0.483 e. The number of nitrogens with two attached hydrogens (primary N) is 1. The monoisotopic (exact) mass is 304 g/mol. The molecule has 118 valence electrons. The summed E-state index contributed by atoms with van der Waals surface area (Å²) in [5.41, 5.74) is 4.92. The predicted octanol–water partition coefficient (Wildman–Crippen LogP) is 2.11. The zero-order chi connectivity index (χ0) is 16.0. The first-order chi connectivity index (χ1) is 9.74. The van der Waals surface area contributed by atoms with Crippen LogP contribution in [0, 0.1) is 0 Å². The second kappa shape index (κ2) is 7.31. The number of ether oxygens (including phenoxy) is 1. The van der Waals surface area contributed by atoms with Crippen molar-refractivity contribution in [3.05, 3.63) is 29.3 Å². The van der Waals surface area contributed by atoms with Crippen molar-refractivity contribution in [1.29, 1.82) is 0 Å². The first-order valence-electron chi connectivity index (χ1n) is 6.56. The lowest BCUT2D eigenvalue weighted by Gasteiger charge is -2.16. The van der Waals surface area contributed by atoms with Crippen molar-refractivity contribution < 1.29 is 22.7 Å². The Kier molecular flexibility index (Phi) is 6.02. The molecule has 0 radical (unpaired) electrons. The fourth-order valence-electron chi connectivity index (χ4n) is 1.75.